The Bertz CT molecular complexity index is 653. The summed E-state index contributed by atoms with van der Waals surface area (Å²) in [6.07, 6.45) is 7.45. The molecule has 0 fully saturated rings. The molecule has 0 radical (unpaired) electrons. The summed E-state index contributed by atoms with van der Waals surface area (Å²) in [6, 6.07) is 10.1. The van der Waals surface area contributed by atoms with E-state index in [0.29, 0.717) is 6.54 Å². The van der Waals surface area contributed by atoms with Gasteiger partial charge in [0.25, 0.3) is 0 Å². The van der Waals surface area contributed by atoms with Gasteiger partial charge in [-0.25, -0.2) is 9.97 Å². The maximum absolute atomic E-state index is 4.34. The standard InChI is InChI=1S/C14H15N5/c1-18-9-7-15-13(18)11-17-14-16-8-10-19(14)12-5-3-2-4-6-12/h2-10H,11H2,1H3,(H,16,17). The zero-order valence-corrected chi connectivity index (χ0v) is 10.7. The van der Waals surface area contributed by atoms with E-state index < -0.39 is 0 Å². The number of hydrogen-bond donors (Lipinski definition) is 1. The number of anilines is 1. The van der Waals surface area contributed by atoms with E-state index in [2.05, 4.69) is 15.3 Å². The Kier molecular flexibility index (Phi) is 3.02. The molecule has 1 N–H and O–H groups in total. The third-order valence-corrected chi connectivity index (χ3v) is 3.00. The highest BCUT2D eigenvalue weighted by molar-refractivity contribution is 5.41. The minimum atomic E-state index is 0.646. The first-order valence-electron chi connectivity index (χ1n) is 6.13. The van der Waals surface area contributed by atoms with E-state index in [-0.39, 0.29) is 0 Å². The minimum absolute atomic E-state index is 0.646. The molecule has 5 heteroatoms. The smallest absolute Gasteiger partial charge is 0.207 e. The first-order valence-corrected chi connectivity index (χ1v) is 6.13. The highest BCUT2D eigenvalue weighted by Crippen LogP contribution is 2.14. The lowest BCUT2D eigenvalue weighted by molar-refractivity contribution is 0.806. The van der Waals surface area contributed by atoms with E-state index in [1.54, 1.807) is 12.4 Å². The van der Waals surface area contributed by atoms with Crippen LogP contribution in [0.5, 0.6) is 0 Å². The van der Waals surface area contributed by atoms with E-state index in [4.69, 9.17) is 0 Å². The Balaban J connectivity index is 1.80. The van der Waals surface area contributed by atoms with Gasteiger partial charge in [-0.05, 0) is 12.1 Å². The fourth-order valence-electron chi connectivity index (χ4n) is 1.96. The van der Waals surface area contributed by atoms with Crippen LogP contribution >= 0.6 is 0 Å². The predicted octanol–water partition coefficient (Wildman–Crippen LogP) is 2.22. The molecule has 0 atom stereocenters. The van der Waals surface area contributed by atoms with Crippen molar-refractivity contribution in [3.63, 3.8) is 0 Å². The van der Waals surface area contributed by atoms with Crippen LogP contribution in [0.2, 0.25) is 0 Å². The van der Waals surface area contributed by atoms with Gasteiger partial charge in [0.05, 0.1) is 6.54 Å². The quantitative estimate of drug-likeness (QED) is 0.775. The zero-order chi connectivity index (χ0) is 13.1. The molecule has 0 spiro atoms. The van der Waals surface area contributed by atoms with Crippen LogP contribution in [0.1, 0.15) is 5.82 Å². The van der Waals surface area contributed by atoms with Crippen LogP contribution in [-0.4, -0.2) is 19.1 Å². The first kappa shape index (κ1) is 11.5. The average Bonchev–Trinajstić information content (AvgIpc) is 3.06. The number of rotatable bonds is 4. The number of aryl methyl sites for hydroxylation is 1. The van der Waals surface area contributed by atoms with Crippen molar-refractivity contribution in [1.82, 2.24) is 19.1 Å². The molecule has 0 bridgehead atoms. The molecular formula is C14H15N5. The molecule has 2 heterocycles. The lowest BCUT2D eigenvalue weighted by atomic mass is 10.3. The fourth-order valence-corrected chi connectivity index (χ4v) is 1.96. The molecule has 0 aliphatic carbocycles. The molecule has 0 unspecified atom stereocenters. The highest BCUT2D eigenvalue weighted by Gasteiger charge is 2.05. The monoisotopic (exact) mass is 253 g/mol. The normalized spacial score (nSPS) is 10.6. The molecule has 0 aliphatic heterocycles. The van der Waals surface area contributed by atoms with Crippen molar-refractivity contribution in [2.75, 3.05) is 5.32 Å². The maximum Gasteiger partial charge on any atom is 0.207 e. The molecule has 1 aromatic carbocycles. The number of hydrogen-bond acceptors (Lipinski definition) is 3. The zero-order valence-electron chi connectivity index (χ0n) is 10.7. The van der Waals surface area contributed by atoms with Crippen LogP contribution in [0.25, 0.3) is 5.69 Å². The van der Waals surface area contributed by atoms with Gasteiger partial charge in [-0.3, -0.25) is 4.57 Å². The van der Waals surface area contributed by atoms with E-state index in [1.807, 2.05) is 58.9 Å². The largest absolute Gasteiger partial charge is 0.348 e. The number of nitrogens with zero attached hydrogens (tertiary/aromatic N) is 4. The molecule has 0 saturated carbocycles. The number of nitrogens with one attached hydrogen (secondary N) is 1. The Hall–Kier alpha value is -2.56. The van der Waals surface area contributed by atoms with E-state index in [9.17, 15) is 0 Å². The van der Waals surface area contributed by atoms with Crippen LogP contribution in [0.4, 0.5) is 5.95 Å². The Morgan fingerprint density at radius 3 is 2.58 bits per heavy atom. The Morgan fingerprint density at radius 1 is 1.05 bits per heavy atom. The molecular weight excluding hydrogens is 238 g/mol. The number of aromatic nitrogens is 4. The van der Waals surface area contributed by atoms with Gasteiger partial charge in [-0.15, -0.1) is 0 Å². The molecule has 19 heavy (non-hydrogen) atoms. The predicted molar refractivity (Wildman–Crippen MR) is 74.1 cm³/mol. The Morgan fingerprint density at radius 2 is 1.84 bits per heavy atom. The summed E-state index contributed by atoms with van der Waals surface area (Å²) in [6.45, 7) is 0.646. The lowest BCUT2D eigenvalue weighted by Gasteiger charge is -2.09. The molecule has 0 amide bonds. The van der Waals surface area contributed by atoms with Crippen molar-refractivity contribution in [1.29, 1.82) is 0 Å². The SMILES string of the molecule is Cn1ccnc1CNc1nccn1-c1ccccc1. The van der Waals surface area contributed by atoms with Crippen LogP contribution in [0.15, 0.2) is 55.1 Å². The van der Waals surface area contributed by atoms with Crippen molar-refractivity contribution < 1.29 is 0 Å². The third kappa shape index (κ3) is 2.35. The van der Waals surface area contributed by atoms with Gasteiger partial charge in [0.15, 0.2) is 0 Å². The van der Waals surface area contributed by atoms with Crippen molar-refractivity contribution >= 4 is 5.95 Å². The van der Waals surface area contributed by atoms with Gasteiger partial charge < -0.3 is 9.88 Å². The van der Waals surface area contributed by atoms with Gasteiger partial charge in [0.2, 0.25) is 5.95 Å². The van der Waals surface area contributed by atoms with Gasteiger partial charge in [-0.2, -0.15) is 0 Å². The second-order valence-electron chi connectivity index (χ2n) is 4.26. The van der Waals surface area contributed by atoms with Crippen LogP contribution in [0, 0.1) is 0 Å². The van der Waals surface area contributed by atoms with Crippen molar-refractivity contribution in [3.05, 3.63) is 60.9 Å². The fraction of sp³-hybridized carbons (Fsp3) is 0.143. The van der Waals surface area contributed by atoms with E-state index >= 15 is 0 Å². The lowest BCUT2D eigenvalue weighted by Crippen LogP contribution is -2.09. The van der Waals surface area contributed by atoms with Crippen LogP contribution in [-0.2, 0) is 13.6 Å². The van der Waals surface area contributed by atoms with Crippen molar-refractivity contribution in [2.45, 2.75) is 6.54 Å². The maximum atomic E-state index is 4.34. The van der Waals surface area contributed by atoms with Crippen molar-refractivity contribution in [2.24, 2.45) is 7.05 Å². The van der Waals surface area contributed by atoms with Gasteiger partial charge >= 0.3 is 0 Å². The molecule has 2 aromatic heterocycles. The topological polar surface area (TPSA) is 47.7 Å². The summed E-state index contributed by atoms with van der Waals surface area (Å²) >= 11 is 0. The second-order valence-corrected chi connectivity index (χ2v) is 4.26. The molecule has 3 aromatic rings. The molecule has 96 valence electrons. The molecule has 0 aliphatic rings. The number of imidazole rings is 2. The van der Waals surface area contributed by atoms with E-state index in [0.717, 1.165) is 17.5 Å². The first-order chi connectivity index (χ1) is 9.34. The third-order valence-electron chi connectivity index (χ3n) is 3.00. The summed E-state index contributed by atoms with van der Waals surface area (Å²) in [4.78, 5) is 8.62. The molecule has 0 saturated heterocycles. The number of para-hydroxylation sites is 1. The summed E-state index contributed by atoms with van der Waals surface area (Å²) in [7, 11) is 1.98. The van der Waals surface area contributed by atoms with E-state index in [1.165, 1.54) is 0 Å². The summed E-state index contributed by atoms with van der Waals surface area (Å²) in [5, 5.41) is 3.30. The highest BCUT2D eigenvalue weighted by atomic mass is 15.2. The summed E-state index contributed by atoms with van der Waals surface area (Å²) in [5.74, 6) is 1.79. The Labute approximate surface area is 111 Å². The molecule has 3 rings (SSSR count). The minimum Gasteiger partial charge on any atom is -0.348 e. The van der Waals surface area contributed by atoms with Crippen LogP contribution < -0.4 is 5.32 Å². The summed E-state index contributed by atoms with van der Waals surface area (Å²) < 4.78 is 4.01. The van der Waals surface area contributed by atoms with Crippen LogP contribution in [0.3, 0.4) is 0 Å². The van der Waals surface area contributed by atoms with Crippen molar-refractivity contribution in [3.8, 4) is 5.69 Å². The molecule has 5 nitrogen and oxygen atoms in total. The summed E-state index contributed by atoms with van der Waals surface area (Å²) in [5.41, 5.74) is 1.09. The average molecular weight is 253 g/mol. The second kappa shape index (κ2) is 4.97. The number of benzene rings is 1. The van der Waals surface area contributed by atoms with Gasteiger partial charge in [0, 0.05) is 37.5 Å². The van der Waals surface area contributed by atoms with Gasteiger partial charge in [-0.1, -0.05) is 18.2 Å². The van der Waals surface area contributed by atoms with Gasteiger partial charge in [0.1, 0.15) is 5.82 Å².